The number of nitrogens with zero attached hydrogens (tertiary/aromatic N) is 1. The molecule has 118 valence electrons. The van der Waals surface area contributed by atoms with Gasteiger partial charge in [0.1, 0.15) is 11.4 Å². The van der Waals surface area contributed by atoms with E-state index in [1.807, 2.05) is 35.0 Å². The minimum Gasteiger partial charge on any atom is -0.497 e. The third-order valence-corrected chi connectivity index (χ3v) is 4.21. The van der Waals surface area contributed by atoms with Gasteiger partial charge in [-0.25, -0.2) is 4.98 Å². The molecule has 0 radical (unpaired) electrons. The van der Waals surface area contributed by atoms with Crippen LogP contribution in [-0.4, -0.2) is 29.7 Å². The van der Waals surface area contributed by atoms with E-state index in [4.69, 9.17) is 4.74 Å². The van der Waals surface area contributed by atoms with Gasteiger partial charge in [-0.05, 0) is 46.7 Å². The summed E-state index contributed by atoms with van der Waals surface area (Å²) >= 11 is 1.51. The lowest BCUT2D eigenvalue weighted by Crippen LogP contribution is -2.28. The van der Waals surface area contributed by atoms with E-state index in [2.05, 4.69) is 10.3 Å². The Morgan fingerprint density at radius 2 is 2.22 bits per heavy atom. The summed E-state index contributed by atoms with van der Waals surface area (Å²) in [7, 11) is 1.61. The number of amides is 1. The third kappa shape index (κ3) is 3.49. The molecule has 0 bridgehead atoms. The minimum absolute atomic E-state index is 0.151. The quantitative estimate of drug-likeness (QED) is 0.755. The van der Waals surface area contributed by atoms with Gasteiger partial charge in [-0.1, -0.05) is 6.07 Å². The summed E-state index contributed by atoms with van der Waals surface area (Å²) in [5.74, 6) is 0.437. The second kappa shape index (κ2) is 6.76. The monoisotopic (exact) mass is 328 g/mol. The summed E-state index contributed by atoms with van der Waals surface area (Å²) in [6.07, 6.45) is -0.713. The Bertz CT molecular complexity index is 818. The van der Waals surface area contributed by atoms with Crippen LogP contribution in [0.4, 0.5) is 0 Å². The minimum atomic E-state index is -0.713. The van der Waals surface area contributed by atoms with Crippen LogP contribution in [0.2, 0.25) is 0 Å². The number of fused-ring (bicyclic) bond motifs is 1. The number of aromatic nitrogens is 1. The van der Waals surface area contributed by atoms with Crippen LogP contribution < -0.4 is 10.1 Å². The molecular weight excluding hydrogens is 312 g/mol. The first-order chi connectivity index (χ1) is 11.2. The number of aliphatic hydroxyl groups is 1. The molecule has 1 amide bonds. The number of nitrogens with one attached hydrogen (secondary N) is 1. The summed E-state index contributed by atoms with van der Waals surface area (Å²) in [6, 6.07) is 10.8. The third-order valence-electron chi connectivity index (χ3n) is 3.51. The molecule has 0 saturated heterocycles. The number of hydrogen-bond acceptors (Lipinski definition) is 5. The van der Waals surface area contributed by atoms with Gasteiger partial charge in [0.2, 0.25) is 0 Å². The maximum Gasteiger partial charge on any atom is 0.270 e. The molecule has 1 atom stereocenters. The van der Waals surface area contributed by atoms with Crippen molar-refractivity contribution in [2.45, 2.75) is 6.10 Å². The van der Waals surface area contributed by atoms with Crippen LogP contribution in [-0.2, 0) is 0 Å². The van der Waals surface area contributed by atoms with E-state index in [-0.39, 0.29) is 12.5 Å². The van der Waals surface area contributed by atoms with E-state index in [1.54, 1.807) is 19.2 Å². The Morgan fingerprint density at radius 1 is 1.35 bits per heavy atom. The first kappa shape index (κ1) is 15.5. The smallest absolute Gasteiger partial charge is 0.270 e. The largest absolute Gasteiger partial charge is 0.497 e. The second-order valence-corrected chi connectivity index (χ2v) is 5.82. The first-order valence-electron chi connectivity index (χ1n) is 7.10. The fraction of sp³-hybridized carbons (Fsp3) is 0.176. The number of benzene rings is 1. The Hall–Kier alpha value is -2.44. The molecule has 2 N–H and O–H groups in total. The molecule has 0 spiro atoms. The lowest BCUT2D eigenvalue weighted by atomic mass is 10.2. The molecule has 3 rings (SSSR count). The van der Waals surface area contributed by atoms with Gasteiger partial charge in [-0.3, -0.25) is 4.79 Å². The van der Waals surface area contributed by atoms with Gasteiger partial charge in [-0.15, -0.1) is 0 Å². The highest BCUT2D eigenvalue weighted by Crippen LogP contribution is 2.20. The van der Waals surface area contributed by atoms with E-state index in [0.717, 1.165) is 22.2 Å². The van der Waals surface area contributed by atoms with Gasteiger partial charge in [-0.2, -0.15) is 11.3 Å². The van der Waals surface area contributed by atoms with Gasteiger partial charge < -0.3 is 15.2 Å². The van der Waals surface area contributed by atoms with Crippen molar-refractivity contribution in [2.24, 2.45) is 0 Å². The zero-order valence-electron chi connectivity index (χ0n) is 12.5. The van der Waals surface area contributed by atoms with Crippen LogP contribution in [0.1, 0.15) is 22.2 Å². The summed E-state index contributed by atoms with van der Waals surface area (Å²) in [6.45, 7) is 0.151. The second-order valence-electron chi connectivity index (χ2n) is 5.04. The Labute approximate surface area is 137 Å². The number of methoxy groups -OCH3 is 1. The Balaban J connectivity index is 1.70. The van der Waals surface area contributed by atoms with E-state index in [9.17, 15) is 9.90 Å². The lowest BCUT2D eigenvalue weighted by molar-refractivity contribution is 0.0912. The number of pyridine rings is 1. The maximum absolute atomic E-state index is 12.2. The predicted octanol–water partition coefficient (Wildman–Crippen LogP) is 2.77. The van der Waals surface area contributed by atoms with Gasteiger partial charge in [0.25, 0.3) is 5.91 Å². The molecule has 2 heterocycles. The molecule has 0 aliphatic carbocycles. The molecule has 0 aliphatic heterocycles. The van der Waals surface area contributed by atoms with Crippen molar-refractivity contribution in [1.29, 1.82) is 0 Å². The zero-order valence-corrected chi connectivity index (χ0v) is 13.3. The molecule has 1 unspecified atom stereocenters. The van der Waals surface area contributed by atoms with E-state index >= 15 is 0 Å². The molecule has 0 aliphatic rings. The number of aliphatic hydroxyl groups excluding tert-OH is 1. The van der Waals surface area contributed by atoms with Crippen molar-refractivity contribution >= 4 is 28.1 Å². The molecule has 5 nitrogen and oxygen atoms in total. The van der Waals surface area contributed by atoms with Crippen LogP contribution in [0.5, 0.6) is 5.75 Å². The normalized spacial score (nSPS) is 12.1. The number of hydrogen-bond donors (Lipinski definition) is 2. The zero-order chi connectivity index (χ0) is 16.2. The molecular formula is C17H16N2O3S. The fourth-order valence-electron chi connectivity index (χ4n) is 2.22. The van der Waals surface area contributed by atoms with Crippen LogP contribution in [0.15, 0.2) is 47.2 Å². The Morgan fingerprint density at radius 3 is 2.96 bits per heavy atom. The highest BCUT2D eigenvalue weighted by molar-refractivity contribution is 7.07. The highest BCUT2D eigenvalue weighted by atomic mass is 32.1. The van der Waals surface area contributed by atoms with Crippen molar-refractivity contribution in [3.8, 4) is 5.75 Å². The Kier molecular flexibility index (Phi) is 4.55. The standard InChI is InChI=1S/C17H16N2O3S/c1-22-13-3-5-14-11(8-13)2-4-15(19-14)17(21)18-9-16(20)12-6-7-23-10-12/h2-8,10,16,20H,9H2,1H3,(H,18,21). The van der Waals surface area contributed by atoms with Crippen molar-refractivity contribution in [2.75, 3.05) is 13.7 Å². The number of thiophene rings is 1. The van der Waals surface area contributed by atoms with Gasteiger partial charge in [0, 0.05) is 11.9 Å². The van der Waals surface area contributed by atoms with Crippen molar-refractivity contribution < 1.29 is 14.6 Å². The number of carbonyl (C=O) groups is 1. The molecule has 0 fully saturated rings. The lowest BCUT2D eigenvalue weighted by Gasteiger charge is -2.10. The van der Waals surface area contributed by atoms with Crippen LogP contribution >= 0.6 is 11.3 Å². The molecule has 6 heteroatoms. The maximum atomic E-state index is 12.2. The molecule has 1 aromatic carbocycles. The fourth-order valence-corrected chi connectivity index (χ4v) is 2.93. The van der Waals surface area contributed by atoms with Crippen molar-refractivity contribution in [3.63, 3.8) is 0 Å². The van der Waals surface area contributed by atoms with Crippen LogP contribution in [0, 0.1) is 0 Å². The topological polar surface area (TPSA) is 71.5 Å². The number of ether oxygens (including phenoxy) is 1. The first-order valence-corrected chi connectivity index (χ1v) is 8.05. The predicted molar refractivity (Wildman–Crippen MR) is 89.9 cm³/mol. The SMILES string of the molecule is COc1ccc2nc(C(=O)NCC(O)c3ccsc3)ccc2c1. The highest BCUT2D eigenvalue weighted by Gasteiger charge is 2.12. The van der Waals surface area contributed by atoms with Gasteiger partial charge >= 0.3 is 0 Å². The van der Waals surface area contributed by atoms with E-state index in [0.29, 0.717) is 5.69 Å². The summed E-state index contributed by atoms with van der Waals surface area (Å²) < 4.78 is 5.17. The van der Waals surface area contributed by atoms with Crippen LogP contribution in [0.25, 0.3) is 10.9 Å². The summed E-state index contributed by atoms with van der Waals surface area (Å²) in [4.78, 5) is 16.5. The van der Waals surface area contributed by atoms with Crippen LogP contribution in [0.3, 0.4) is 0 Å². The molecule has 0 saturated carbocycles. The van der Waals surface area contributed by atoms with E-state index < -0.39 is 6.10 Å². The van der Waals surface area contributed by atoms with Crippen molar-refractivity contribution in [3.05, 3.63) is 58.4 Å². The number of carbonyl (C=O) groups excluding carboxylic acids is 1. The van der Waals surface area contributed by atoms with Crippen molar-refractivity contribution in [1.82, 2.24) is 10.3 Å². The van der Waals surface area contributed by atoms with Gasteiger partial charge in [0.15, 0.2) is 0 Å². The average Bonchev–Trinajstić information content (AvgIpc) is 3.13. The molecule has 2 aromatic heterocycles. The number of rotatable bonds is 5. The molecule has 23 heavy (non-hydrogen) atoms. The van der Waals surface area contributed by atoms with Gasteiger partial charge in [0.05, 0.1) is 18.7 Å². The summed E-state index contributed by atoms with van der Waals surface area (Å²) in [5, 5.41) is 17.3. The average molecular weight is 328 g/mol. The molecule has 3 aromatic rings. The van der Waals surface area contributed by atoms with E-state index in [1.165, 1.54) is 11.3 Å². The summed E-state index contributed by atoms with van der Waals surface area (Å²) in [5.41, 5.74) is 1.84.